The molecule has 0 N–H and O–H groups in total. The lowest BCUT2D eigenvalue weighted by molar-refractivity contribution is -0.162. The summed E-state index contributed by atoms with van der Waals surface area (Å²) in [5.41, 5.74) is 1.69. The quantitative estimate of drug-likeness (QED) is 0.0948. The van der Waals surface area contributed by atoms with Gasteiger partial charge in [-0.25, -0.2) is 0 Å². The molecule has 0 bridgehead atoms. The van der Waals surface area contributed by atoms with Crippen molar-refractivity contribution in [1.29, 1.82) is 0 Å². The molecule has 0 radical (unpaired) electrons. The van der Waals surface area contributed by atoms with E-state index in [1.807, 2.05) is 0 Å². The number of allylic oxidation sites excluding steroid dienone is 2. The molecule has 0 aromatic heterocycles. The number of fused-ring (bicyclic) bond motifs is 1. The van der Waals surface area contributed by atoms with Gasteiger partial charge in [0.1, 0.15) is 0 Å². The summed E-state index contributed by atoms with van der Waals surface area (Å²) in [5, 5.41) is 0.447. The highest BCUT2D eigenvalue weighted by molar-refractivity contribution is 6.74. The fourth-order valence-corrected chi connectivity index (χ4v) is 9.47. The molecule has 256 valence electrons. The molecule has 0 amide bonds. The van der Waals surface area contributed by atoms with Crippen LogP contribution in [-0.4, -0.2) is 48.3 Å². The maximum absolute atomic E-state index is 7.22. The molecule has 1 saturated heterocycles. The van der Waals surface area contributed by atoms with Crippen molar-refractivity contribution >= 4 is 16.6 Å². The topological polar surface area (TPSA) is 36.9 Å². The number of rotatable bonds is 16. The zero-order valence-corrected chi connectivity index (χ0v) is 32.9. The van der Waals surface area contributed by atoms with E-state index in [1.165, 1.54) is 64.2 Å². The van der Waals surface area contributed by atoms with Gasteiger partial charge in [0.25, 0.3) is 0 Å². The second-order valence-corrected chi connectivity index (χ2v) is 26.9. The largest absolute Gasteiger partial charge is 0.413 e. The molecule has 6 atom stereocenters. The third-order valence-electron chi connectivity index (χ3n) is 11.7. The minimum atomic E-state index is -1.86. The van der Waals surface area contributed by atoms with Gasteiger partial charge >= 0.3 is 0 Å². The zero-order valence-electron chi connectivity index (χ0n) is 30.9. The summed E-state index contributed by atoms with van der Waals surface area (Å²) in [7, 11) is -3.72. The molecule has 3 fully saturated rings. The van der Waals surface area contributed by atoms with Crippen LogP contribution in [0.2, 0.25) is 36.3 Å². The number of hydrogen-bond donors (Lipinski definition) is 0. The molecule has 3 rings (SSSR count). The number of hydrogen-bond acceptors (Lipinski definition) is 4. The highest BCUT2D eigenvalue weighted by atomic mass is 28.4. The minimum Gasteiger partial charge on any atom is -0.413 e. The number of unbranched alkanes of at least 4 members (excludes halogenated alkanes) is 4. The van der Waals surface area contributed by atoms with E-state index in [-0.39, 0.29) is 22.5 Å². The summed E-state index contributed by atoms with van der Waals surface area (Å²) in [5.74, 6) is 1.93. The molecule has 2 saturated carbocycles. The summed E-state index contributed by atoms with van der Waals surface area (Å²) in [6.07, 6.45) is 23.9. The average molecular weight is 649 g/mol. The Morgan fingerprint density at radius 3 is 2.27 bits per heavy atom. The third-order valence-corrected chi connectivity index (χ3v) is 20.7. The maximum atomic E-state index is 7.22. The van der Waals surface area contributed by atoms with E-state index in [2.05, 4.69) is 92.9 Å². The van der Waals surface area contributed by atoms with Crippen LogP contribution < -0.4 is 0 Å². The van der Waals surface area contributed by atoms with Crippen molar-refractivity contribution in [2.24, 2.45) is 17.8 Å². The van der Waals surface area contributed by atoms with Crippen molar-refractivity contribution in [2.75, 3.05) is 13.2 Å². The van der Waals surface area contributed by atoms with Gasteiger partial charge in [0, 0.05) is 19.1 Å². The van der Waals surface area contributed by atoms with Gasteiger partial charge in [0.2, 0.25) is 0 Å². The van der Waals surface area contributed by atoms with E-state index in [4.69, 9.17) is 18.3 Å². The van der Waals surface area contributed by atoms with Crippen LogP contribution in [0.15, 0.2) is 23.8 Å². The smallest absolute Gasteiger partial charge is 0.192 e. The van der Waals surface area contributed by atoms with Gasteiger partial charge in [-0.1, -0.05) is 91.5 Å². The molecule has 0 aromatic carbocycles. The molecule has 2 unspecified atom stereocenters. The summed E-state index contributed by atoms with van der Waals surface area (Å²) in [6.45, 7) is 27.9. The summed E-state index contributed by atoms with van der Waals surface area (Å²) < 4.78 is 25.9. The lowest BCUT2D eigenvalue weighted by Crippen LogP contribution is -2.45. The molecule has 2 aliphatic carbocycles. The van der Waals surface area contributed by atoms with Crippen molar-refractivity contribution in [1.82, 2.24) is 0 Å². The Balaban J connectivity index is 1.68. The van der Waals surface area contributed by atoms with Crippen molar-refractivity contribution in [3.63, 3.8) is 0 Å². The van der Waals surface area contributed by atoms with Crippen LogP contribution in [0.5, 0.6) is 0 Å². The van der Waals surface area contributed by atoms with E-state index >= 15 is 0 Å². The molecule has 6 heteroatoms. The van der Waals surface area contributed by atoms with Crippen molar-refractivity contribution in [3.05, 3.63) is 23.8 Å². The Labute approximate surface area is 275 Å². The lowest BCUT2D eigenvalue weighted by Gasteiger charge is -2.40. The second-order valence-electron chi connectivity index (χ2n) is 17.4. The van der Waals surface area contributed by atoms with Crippen molar-refractivity contribution in [2.45, 2.75) is 187 Å². The summed E-state index contributed by atoms with van der Waals surface area (Å²) in [4.78, 5) is 0. The number of ether oxygens (including phenoxy) is 2. The van der Waals surface area contributed by atoms with Gasteiger partial charge < -0.3 is 18.3 Å². The van der Waals surface area contributed by atoms with E-state index < -0.39 is 16.6 Å². The molecular formula is C38H72O4Si2. The first-order chi connectivity index (χ1) is 20.5. The Morgan fingerprint density at radius 1 is 0.909 bits per heavy atom. The molecule has 1 heterocycles. The van der Waals surface area contributed by atoms with Crippen LogP contribution in [0, 0.1) is 17.8 Å². The lowest BCUT2D eigenvalue weighted by atomic mass is 9.90. The van der Waals surface area contributed by atoms with Crippen LogP contribution >= 0.6 is 0 Å². The average Bonchev–Trinajstić information content (AvgIpc) is 3.45. The molecule has 0 aromatic rings. The molecule has 3 aliphatic rings. The monoisotopic (exact) mass is 648 g/mol. The van der Waals surface area contributed by atoms with Crippen LogP contribution in [0.4, 0.5) is 0 Å². The van der Waals surface area contributed by atoms with Gasteiger partial charge in [0.05, 0.1) is 12.2 Å². The van der Waals surface area contributed by atoms with Gasteiger partial charge in [-0.15, -0.1) is 0 Å². The first kappa shape index (κ1) is 38.2. The summed E-state index contributed by atoms with van der Waals surface area (Å²) >= 11 is 0. The van der Waals surface area contributed by atoms with E-state index in [1.54, 1.807) is 5.57 Å². The van der Waals surface area contributed by atoms with Crippen LogP contribution in [0.3, 0.4) is 0 Å². The van der Waals surface area contributed by atoms with Crippen LogP contribution in [0.1, 0.15) is 132 Å². The van der Waals surface area contributed by atoms with E-state index in [0.717, 1.165) is 38.4 Å². The Kier molecular flexibility index (Phi) is 14.5. The van der Waals surface area contributed by atoms with Crippen molar-refractivity contribution < 1.29 is 18.3 Å². The normalized spacial score (nSPS) is 28.7. The Hall–Kier alpha value is -0.246. The zero-order chi connectivity index (χ0) is 32.6. The minimum absolute atomic E-state index is 0.0429. The van der Waals surface area contributed by atoms with Crippen LogP contribution in [-0.2, 0) is 18.3 Å². The first-order valence-electron chi connectivity index (χ1n) is 18.5. The van der Waals surface area contributed by atoms with Gasteiger partial charge in [-0.2, -0.15) is 0 Å². The summed E-state index contributed by atoms with van der Waals surface area (Å²) in [6, 6.07) is 0. The van der Waals surface area contributed by atoms with Gasteiger partial charge in [0.15, 0.2) is 22.9 Å². The molecule has 4 nitrogen and oxygen atoms in total. The van der Waals surface area contributed by atoms with Gasteiger partial charge in [-0.05, 0) is 112 Å². The van der Waals surface area contributed by atoms with Crippen molar-refractivity contribution in [3.8, 4) is 0 Å². The van der Waals surface area contributed by atoms with E-state index in [9.17, 15) is 0 Å². The fraction of sp³-hybridized carbons (Fsp3) is 0.895. The molecule has 44 heavy (non-hydrogen) atoms. The first-order valence-corrected chi connectivity index (χ1v) is 24.3. The molecule has 0 spiro atoms. The van der Waals surface area contributed by atoms with Crippen LogP contribution in [0.25, 0.3) is 0 Å². The Bertz CT molecular complexity index is 907. The molecular weight excluding hydrogens is 577 g/mol. The van der Waals surface area contributed by atoms with E-state index in [0.29, 0.717) is 17.9 Å². The molecule has 1 aliphatic heterocycles. The third kappa shape index (κ3) is 11.2. The highest BCUT2D eigenvalue weighted by Gasteiger charge is 2.50. The standard InChI is InChI=1S/C38H72O4Si2/c1-12-13-15-21-32(41-43(8,9)37(2,3)4)23-24-33-34-28-30(20-16-14-18-25-39-36-22-17-19-26-40-36)27-31(34)29-35(33)42-44(10,11)38(5,6)7/h20,23-24,31-36H,12-19,21-22,25-29H2,1-11H3/b24-23+,30-20+/t31-,32?,33+,34-,35+,36?/m0/s1. The predicted molar refractivity (Wildman–Crippen MR) is 193 cm³/mol. The highest BCUT2D eigenvalue weighted by Crippen LogP contribution is 2.53. The second kappa shape index (κ2) is 16.7. The van der Waals surface area contributed by atoms with Gasteiger partial charge in [-0.3, -0.25) is 0 Å². The SMILES string of the molecule is CCCCCC(/C=C/[C@@H]1[C@H]2C/C(=C/CCCCOC3CCCCO3)C[C@H]2C[C@H]1O[Si](C)(C)C(C)(C)C)O[Si](C)(C)C(C)(C)C. The fourth-order valence-electron chi connectivity index (χ4n) is 6.80. The maximum Gasteiger partial charge on any atom is 0.192 e. The Morgan fingerprint density at radius 2 is 1.64 bits per heavy atom. The predicted octanol–water partition coefficient (Wildman–Crippen LogP) is 11.6.